The van der Waals surface area contributed by atoms with Gasteiger partial charge in [0.2, 0.25) is 0 Å². The van der Waals surface area contributed by atoms with E-state index >= 15 is 0 Å². The number of aryl methyl sites for hydroxylation is 1. The van der Waals surface area contributed by atoms with E-state index in [1.807, 2.05) is 18.2 Å². The standard InChI is InChI=1S/C13H11BrClN/c14-8-5-6-10-12(7-8)16-11-4-2-1-3-9(11)13(10)15/h5-7H,1-4H2. The van der Waals surface area contributed by atoms with Gasteiger partial charge in [-0.05, 0) is 43.4 Å². The molecule has 2 aromatic rings. The van der Waals surface area contributed by atoms with Crippen LogP contribution in [0.1, 0.15) is 24.1 Å². The lowest BCUT2D eigenvalue weighted by Gasteiger charge is -2.17. The van der Waals surface area contributed by atoms with Gasteiger partial charge in [-0.3, -0.25) is 4.98 Å². The summed E-state index contributed by atoms with van der Waals surface area (Å²) in [5.41, 5.74) is 3.46. The lowest BCUT2D eigenvalue weighted by molar-refractivity contribution is 0.671. The van der Waals surface area contributed by atoms with E-state index in [0.29, 0.717) is 0 Å². The Hall–Kier alpha value is -0.600. The molecule has 0 N–H and O–H groups in total. The molecule has 16 heavy (non-hydrogen) atoms. The number of fused-ring (bicyclic) bond motifs is 2. The summed E-state index contributed by atoms with van der Waals surface area (Å²) in [6.45, 7) is 0. The molecule has 3 rings (SSSR count). The Bertz CT molecular complexity index is 565. The van der Waals surface area contributed by atoms with E-state index in [1.165, 1.54) is 24.1 Å². The van der Waals surface area contributed by atoms with E-state index in [1.54, 1.807) is 0 Å². The molecule has 3 heteroatoms. The molecule has 1 aromatic carbocycles. The average molecular weight is 297 g/mol. The highest BCUT2D eigenvalue weighted by atomic mass is 79.9. The van der Waals surface area contributed by atoms with Crippen LogP contribution in [0.4, 0.5) is 0 Å². The van der Waals surface area contributed by atoms with Gasteiger partial charge in [0.25, 0.3) is 0 Å². The van der Waals surface area contributed by atoms with Crippen LogP contribution in [0.5, 0.6) is 0 Å². The van der Waals surface area contributed by atoms with Gasteiger partial charge in [-0.1, -0.05) is 33.6 Å². The molecule has 0 saturated heterocycles. The zero-order valence-corrected chi connectivity index (χ0v) is 11.1. The number of pyridine rings is 1. The van der Waals surface area contributed by atoms with Crippen molar-refractivity contribution in [3.63, 3.8) is 0 Å². The molecular formula is C13H11BrClN. The van der Waals surface area contributed by atoms with Gasteiger partial charge in [0.15, 0.2) is 0 Å². The molecular weight excluding hydrogens is 286 g/mol. The zero-order chi connectivity index (χ0) is 11.1. The van der Waals surface area contributed by atoms with Crippen LogP contribution in [0.25, 0.3) is 10.9 Å². The summed E-state index contributed by atoms with van der Waals surface area (Å²) in [6, 6.07) is 6.10. The molecule has 0 saturated carbocycles. The van der Waals surface area contributed by atoms with Crippen molar-refractivity contribution in [2.75, 3.05) is 0 Å². The third-order valence-electron chi connectivity index (χ3n) is 3.16. The Balaban J connectivity index is 2.34. The Morgan fingerprint density at radius 3 is 2.88 bits per heavy atom. The Labute approximate surface area is 108 Å². The van der Waals surface area contributed by atoms with Crippen LogP contribution in [-0.2, 0) is 12.8 Å². The van der Waals surface area contributed by atoms with Crippen molar-refractivity contribution < 1.29 is 0 Å². The van der Waals surface area contributed by atoms with Crippen LogP contribution in [0.15, 0.2) is 22.7 Å². The fraction of sp³-hybridized carbons (Fsp3) is 0.308. The van der Waals surface area contributed by atoms with E-state index in [2.05, 4.69) is 15.9 Å². The van der Waals surface area contributed by atoms with E-state index < -0.39 is 0 Å². The molecule has 0 spiro atoms. The maximum atomic E-state index is 6.46. The maximum Gasteiger partial charge on any atom is 0.0731 e. The number of aromatic nitrogens is 1. The van der Waals surface area contributed by atoms with Crippen molar-refractivity contribution in [2.45, 2.75) is 25.7 Å². The second kappa shape index (κ2) is 4.01. The monoisotopic (exact) mass is 295 g/mol. The minimum atomic E-state index is 0.909. The Morgan fingerprint density at radius 2 is 2.00 bits per heavy atom. The fourth-order valence-corrected chi connectivity index (χ4v) is 3.05. The highest BCUT2D eigenvalue weighted by molar-refractivity contribution is 9.10. The molecule has 0 aliphatic heterocycles. The summed E-state index contributed by atoms with van der Waals surface area (Å²) in [7, 11) is 0. The van der Waals surface area contributed by atoms with Crippen LogP contribution < -0.4 is 0 Å². The SMILES string of the molecule is Clc1c2c(nc3cc(Br)ccc13)CCCC2. The topological polar surface area (TPSA) is 12.9 Å². The predicted molar refractivity (Wildman–Crippen MR) is 71.1 cm³/mol. The van der Waals surface area contributed by atoms with E-state index in [0.717, 1.165) is 33.2 Å². The number of halogens is 2. The molecule has 1 aliphatic rings. The number of hydrogen-bond acceptors (Lipinski definition) is 1. The van der Waals surface area contributed by atoms with Crippen LogP contribution in [0.2, 0.25) is 5.02 Å². The van der Waals surface area contributed by atoms with Crippen molar-refractivity contribution in [3.05, 3.63) is 39.0 Å². The molecule has 0 amide bonds. The Morgan fingerprint density at radius 1 is 1.19 bits per heavy atom. The van der Waals surface area contributed by atoms with Gasteiger partial charge in [-0.15, -0.1) is 0 Å². The largest absolute Gasteiger partial charge is 0.252 e. The van der Waals surface area contributed by atoms with Gasteiger partial charge in [0.1, 0.15) is 0 Å². The minimum Gasteiger partial charge on any atom is -0.252 e. The van der Waals surface area contributed by atoms with Gasteiger partial charge in [-0.25, -0.2) is 0 Å². The normalized spacial score (nSPS) is 15.1. The lowest BCUT2D eigenvalue weighted by atomic mass is 9.94. The summed E-state index contributed by atoms with van der Waals surface area (Å²) in [5.74, 6) is 0. The zero-order valence-electron chi connectivity index (χ0n) is 8.76. The van der Waals surface area contributed by atoms with Gasteiger partial charge < -0.3 is 0 Å². The number of benzene rings is 1. The first-order valence-electron chi connectivity index (χ1n) is 5.52. The molecule has 1 aromatic heterocycles. The summed E-state index contributed by atoms with van der Waals surface area (Å²) in [5, 5.41) is 1.98. The van der Waals surface area contributed by atoms with Crippen LogP contribution in [0.3, 0.4) is 0 Å². The molecule has 0 bridgehead atoms. The van der Waals surface area contributed by atoms with Crippen molar-refractivity contribution in [1.29, 1.82) is 0 Å². The first kappa shape index (κ1) is 10.5. The van der Waals surface area contributed by atoms with Gasteiger partial charge in [-0.2, -0.15) is 0 Å². The van der Waals surface area contributed by atoms with Gasteiger partial charge in [0, 0.05) is 15.6 Å². The summed E-state index contributed by atoms with van der Waals surface area (Å²) in [4.78, 5) is 4.72. The van der Waals surface area contributed by atoms with Crippen LogP contribution in [0, 0.1) is 0 Å². The molecule has 1 aliphatic carbocycles. The molecule has 0 atom stereocenters. The molecule has 1 nitrogen and oxygen atoms in total. The summed E-state index contributed by atoms with van der Waals surface area (Å²) >= 11 is 9.93. The second-order valence-electron chi connectivity index (χ2n) is 4.22. The summed E-state index contributed by atoms with van der Waals surface area (Å²) < 4.78 is 1.05. The third kappa shape index (κ3) is 1.64. The van der Waals surface area contributed by atoms with Gasteiger partial charge >= 0.3 is 0 Å². The molecule has 0 unspecified atom stereocenters. The first-order valence-corrected chi connectivity index (χ1v) is 6.69. The van der Waals surface area contributed by atoms with Crippen molar-refractivity contribution in [3.8, 4) is 0 Å². The maximum absolute atomic E-state index is 6.46. The number of nitrogens with zero attached hydrogens (tertiary/aromatic N) is 1. The van der Waals surface area contributed by atoms with Crippen LogP contribution >= 0.6 is 27.5 Å². The van der Waals surface area contributed by atoms with E-state index in [-0.39, 0.29) is 0 Å². The minimum absolute atomic E-state index is 0.909. The smallest absolute Gasteiger partial charge is 0.0731 e. The third-order valence-corrected chi connectivity index (χ3v) is 4.08. The second-order valence-corrected chi connectivity index (χ2v) is 5.51. The number of hydrogen-bond donors (Lipinski definition) is 0. The number of rotatable bonds is 0. The van der Waals surface area contributed by atoms with Crippen LogP contribution in [-0.4, -0.2) is 4.98 Å². The van der Waals surface area contributed by atoms with Crippen molar-refractivity contribution in [1.82, 2.24) is 4.98 Å². The molecule has 0 radical (unpaired) electrons. The predicted octanol–water partition coefficient (Wildman–Crippen LogP) is 4.53. The fourth-order valence-electron chi connectivity index (χ4n) is 2.34. The van der Waals surface area contributed by atoms with Crippen molar-refractivity contribution in [2.24, 2.45) is 0 Å². The molecule has 1 heterocycles. The van der Waals surface area contributed by atoms with E-state index in [9.17, 15) is 0 Å². The summed E-state index contributed by atoms with van der Waals surface area (Å²) in [6.07, 6.45) is 4.61. The average Bonchev–Trinajstić information content (AvgIpc) is 2.29. The first-order chi connectivity index (χ1) is 7.75. The van der Waals surface area contributed by atoms with Crippen molar-refractivity contribution >= 4 is 38.4 Å². The Kier molecular flexibility index (Phi) is 2.64. The van der Waals surface area contributed by atoms with E-state index in [4.69, 9.17) is 16.6 Å². The lowest BCUT2D eigenvalue weighted by Crippen LogP contribution is -2.06. The molecule has 0 fully saturated rings. The molecule has 82 valence electrons. The quantitative estimate of drug-likeness (QED) is 0.696. The highest BCUT2D eigenvalue weighted by Crippen LogP contribution is 2.33. The highest BCUT2D eigenvalue weighted by Gasteiger charge is 2.16. The van der Waals surface area contributed by atoms with Gasteiger partial charge in [0.05, 0.1) is 10.5 Å².